The summed E-state index contributed by atoms with van der Waals surface area (Å²) in [5, 5.41) is 13.4. The van der Waals surface area contributed by atoms with E-state index in [1.807, 2.05) is 24.3 Å². The lowest BCUT2D eigenvalue weighted by Gasteiger charge is -2.33. The number of nitro groups is 1. The molecule has 0 aliphatic carbocycles. The fourth-order valence-corrected chi connectivity index (χ4v) is 3.20. The lowest BCUT2D eigenvalue weighted by molar-refractivity contribution is -0.898. The number of benzene rings is 2. The van der Waals surface area contributed by atoms with Crippen LogP contribution in [-0.2, 0) is 4.79 Å². The molecule has 3 rings (SSSR count). The van der Waals surface area contributed by atoms with Gasteiger partial charge in [0.15, 0.2) is 6.61 Å². The Balaban J connectivity index is 1.47. The van der Waals surface area contributed by atoms with E-state index in [1.54, 1.807) is 4.90 Å². The third-order valence-corrected chi connectivity index (χ3v) is 4.90. The molecule has 8 nitrogen and oxygen atoms in total. The summed E-state index contributed by atoms with van der Waals surface area (Å²) < 4.78 is 5.37. The van der Waals surface area contributed by atoms with Crippen molar-refractivity contribution in [2.75, 3.05) is 49.5 Å². The molecular formula is C20H25N4O4+. The van der Waals surface area contributed by atoms with Gasteiger partial charge in [0.1, 0.15) is 5.75 Å². The van der Waals surface area contributed by atoms with Crippen LogP contribution in [0.3, 0.4) is 0 Å². The molecule has 28 heavy (non-hydrogen) atoms. The minimum Gasteiger partial charge on any atom is -0.484 e. The molecular weight excluding hydrogens is 360 g/mol. The van der Waals surface area contributed by atoms with Gasteiger partial charge in [-0.15, -0.1) is 0 Å². The Kier molecular flexibility index (Phi) is 6.44. The van der Waals surface area contributed by atoms with Crippen molar-refractivity contribution < 1.29 is 19.4 Å². The predicted molar refractivity (Wildman–Crippen MR) is 107 cm³/mol. The molecule has 2 aromatic carbocycles. The predicted octanol–water partition coefficient (Wildman–Crippen LogP) is 1.34. The van der Waals surface area contributed by atoms with Gasteiger partial charge in [-0.25, -0.2) is 0 Å². The number of nitro benzene ring substituents is 1. The number of nitrogens with zero attached hydrogens (tertiary/aromatic N) is 2. The molecule has 0 bridgehead atoms. The first-order valence-electron chi connectivity index (χ1n) is 9.41. The fraction of sp³-hybridized carbons (Fsp3) is 0.350. The number of hydrogen-bond donors (Lipinski definition) is 2. The smallest absolute Gasteiger partial charge is 0.269 e. The number of carbonyl (C=O) groups excluding carboxylic acids is 1. The number of hydrogen-bond acceptors (Lipinski definition) is 5. The number of nitrogens with one attached hydrogen (secondary N) is 2. The van der Waals surface area contributed by atoms with Gasteiger partial charge in [0.05, 0.1) is 37.6 Å². The molecule has 0 spiro atoms. The molecule has 1 aliphatic heterocycles. The van der Waals surface area contributed by atoms with Gasteiger partial charge in [-0.05, 0) is 43.3 Å². The molecule has 2 N–H and O–H groups in total. The highest BCUT2D eigenvalue weighted by Crippen LogP contribution is 2.19. The van der Waals surface area contributed by atoms with Gasteiger partial charge in [-0.3, -0.25) is 14.9 Å². The summed E-state index contributed by atoms with van der Waals surface area (Å²) >= 11 is 0. The van der Waals surface area contributed by atoms with Crippen molar-refractivity contribution in [3.63, 3.8) is 0 Å². The van der Waals surface area contributed by atoms with Crippen LogP contribution in [0.4, 0.5) is 17.1 Å². The van der Waals surface area contributed by atoms with Crippen LogP contribution in [0, 0.1) is 10.1 Å². The second-order valence-corrected chi connectivity index (χ2v) is 6.73. The maximum atomic E-state index is 12.1. The van der Waals surface area contributed by atoms with Crippen molar-refractivity contribution in [2.24, 2.45) is 0 Å². The highest BCUT2D eigenvalue weighted by molar-refractivity contribution is 5.92. The second-order valence-electron chi connectivity index (χ2n) is 6.73. The molecule has 0 unspecified atom stereocenters. The highest BCUT2D eigenvalue weighted by Gasteiger charge is 2.18. The molecule has 0 radical (unpaired) electrons. The summed E-state index contributed by atoms with van der Waals surface area (Å²) in [6.45, 7) is 7.59. The van der Waals surface area contributed by atoms with E-state index < -0.39 is 4.92 Å². The normalized spacial score (nSPS) is 14.5. The number of non-ortho nitro benzene ring substituents is 1. The molecule has 2 aromatic rings. The van der Waals surface area contributed by atoms with Crippen LogP contribution in [-0.4, -0.2) is 50.2 Å². The Hall–Kier alpha value is -3.13. The quantitative estimate of drug-likeness (QED) is 0.555. The zero-order valence-corrected chi connectivity index (χ0v) is 15.9. The van der Waals surface area contributed by atoms with E-state index in [0.29, 0.717) is 11.4 Å². The van der Waals surface area contributed by atoms with Gasteiger partial charge >= 0.3 is 0 Å². The van der Waals surface area contributed by atoms with Gasteiger partial charge in [-0.2, -0.15) is 0 Å². The molecule has 1 heterocycles. The average Bonchev–Trinajstić information content (AvgIpc) is 2.73. The van der Waals surface area contributed by atoms with E-state index in [0.717, 1.165) is 31.9 Å². The largest absolute Gasteiger partial charge is 0.484 e. The molecule has 0 aromatic heterocycles. The number of amides is 1. The standard InChI is InChI=1S/C20H24N4O4/c1-2-22-11-13-23(14-12-22)17-5-3-16(4-6-17)21-20(25)15-28-19-9-7-18(8-10-19)24(26)27/h3-10H,2,11-15H2,1H3,(H,21,25)/p+1. The maximum absolute atomic E-state index is 12.1. The van der Waals surface area contributed by atoms with E-state index in [1.165, 1.54) is 30.8 Å². The van der Waals surface area contributed by atoms with Crippen molar-refractivity contribution in [1.29, 1.82) is 0 Å². The van der Waals surface area contributed by atoms with Gasteiger partial charge in [0.2, 0.25) is 0 Å². The lowest BCUT2D eigenvalue weighted by Crippen LogP contribution is -3.14. The number of carbonyl (C=O) groups is 1. The zero-order chi connectivity index (χ0) is 19.9. The third-order valence-electron chi connectivity index (χ3n) is 4.90. The number of quaternary nitrogens is 1. The first-order valence-corrected chi connectivity index (χ1v) is 9.41. The van der Waals surface area contributed by atoms with E-state index in [4.69, 9.17) is 4.74 Å². The van der Waals surface area contributed by atoms with Crippen LogP contribution in [0.2, 0.25) is 0 Å². The van der Waals surface area contributed by atoms with Gasteiger partial charge < -0.3 is 19.9 Å². The Morgan fingerprint density at radius 3 is 2.36 bits per heavy atom. The lowest BCUT2D eigenvalue weighted by atomic mass is 10.2. The second kappa shape index (κ2) is 9.18. The van der Waals surface area contributed by atoms with Crippen molar-refractivity contribution in [3.8, 4) is 5.75 Å². The number of rotatable bonds is 7. The van der Waals surface area contributed by atoms with E-state index in [2.05, 4.69) is 17.1 Å². The Morgan fingerprint density at radius 1 is 1.14 bits per heavy atom. The molecule has 148 valence electrons. The first-order chi connectivity index (χ1) is 13.5. The van der Waals surface area contributed by atoms with Crippen LogP contribution >= 0.6 is 0 Å². The van der Waals surface area contributed by atoms with Gasteiger partial charge in [0, 0.05) is 23.5 Å². The van der Waals surface area contributed by atoms with Gasteiger partial charge in [-0.1, -0.05) is 0 Å². The Labute approximate surface area is 163 Å². The number of ether oxygens (including phenoxy) is 1. The minimum absolute atomic E-state index is 0.0191. The minimum atomic E-state index is -0.481. The van der Waals surface area contributed by atoms with Crippen LogP contribution in [0.25, 0.3) is 0 Å². The molecule has 1 saturated heterocycles. The molecule has 8 heteroatoms. The zero-order valence-electron chi connectivity index (χ0n) is 15.9. The van der Waals surface area contributed by atoms with E-state index in [-0.39, 0.29) is 18.2 Å². The van der Waals surface area contributed by atoms with E-state index >= 15 is 0 Å². The highest BCUT2D eigenvalue weighted by atomic mass is 16.6. The summed E-state index contributed by atoms with van der Waals surface area (Å²) in [5.74, 6) is 0.121. The number of piperazine rings is 1. The summed E-state index contributed by atoms with van der Waals surface area (Å²) in [7, 11) is 0. The topological polar surface area (TPSA) is 89.2 Å². The molecule has 1 amide bonds. The summed E-state index contributed by atoms with van der Waals surface area (Å²) in [5.41, 5.74) is 1.85. The molecule has 1 aliphatic rings. The fourth-order valence-electron chi connectivity index (χ4n) is 3.20. The van der Waals surface area contributed by atoms with Crippen LogP contribution < -0.4 is 19.9 Å². The Morgan fingerprint density at radius 2 is 1.79 bits per heavy atom. The first kappa shape index (κ1) is 19.6. The van der Waals surface area contributed by atoms with Gasteiger partial charge in [0.25, 0.3) is 11.6 Å². The third kappa shape index (κ3) is 5.20. The van der Waals surface area contributed by atoms with Crippen molar-refractivity contribution in [3.05, 3.63) is 58.6 Å². The molecule has 1 fully saturated rings. The van der Waals surface area contributed by atoms with Crippen LogP contribution in [0.5, 0.6) is 5.75 Å². The summed E-state index contributed by atoms with van der Waals surface area (Å²) in [4.78, 5) is 26.2. The summed E-state index contributed by atoms with van der Waals surface area (Å²) in [6, 6.07) is 13.4. The Bertz CT molecular complexity index is 800. The summed E-state index contributed by atoms with van der Waals surface area (Å²) in [6.07, 6.45) is 0. The average molecular weight is 385 g/mol. The number of anilines is 2. The molecule has 0 saturated carbocycles. The van der Waals surface area contributed by atoms with Crippen molar-refractivity contribution in [1.82, 2.24) is 0 Å². The number of likely N-dealkylation sites (N-methyl/N-ethyl adjacent to an activating group) is 1. The molecule has 0 atom stereocenters. The van der Waals surface area contributed by atoms with E-state index in [9.17, 15) is 14.9 Å². The van der Waals surface area contributed by atoms with Crippen LogP contribution in [0.1, 0.15) is 6.92 Å². The van der Waals surface area contributed by atoms with Crippen LogP contribution in [0.15, 0.2) is 48.5 Å². The maximum Gasteiger partial charge on any atom is 0.269 e. The SMILES string of the molecule is CC[NH+]1CCN(c2ccc(NC(=O)COc3ccc([N+](=O)[O-])cc3)cc2)CC1. The monoisotopic (exact) mass is 385 g/mol. The van der Waals surface area contributed by atoms with Crippen molar-refractivity contribution >= 4 is 23.0 Å². The van der Waals surface area contributed by atoms with Crippen molar-refractivity contribution in [2.45, 2.75) is 6.92 Å².